The van der Waals surface area contributed by atoms with Crippen LogP contribution >= 0.6 is 22.7 Å². The number of hydrogen-bond acceptors (Lipinski definition) is 5. The molecule has 27 heavy (non-hydrogen) atoms. The summed E-state index contributed by atoms with van der Waals surface area (Å²) >= 11 is 3.10. The Labute approximate surface area is 164 Å². The lowest BCUT2D eigenvalue weighted by Crippen LogP contribution is -2.37. The van der Waals surface area contributed by atoms with Gasteiger partial charge >= 0.3 is 0 Å². The Morgan fingerprint density at radius 2 is 1.96 bits per heavy atom. The standard InChI is InChI=1S/C19H18FN3O2S2/c20-14-5-3-12(4-6-14)8-13(18(21)25)10-22-17(24)9-15-11-27-19(23-15)16-2-1-7-26-16/h1-7,11,13H,8-10H2,(H2,21,25)(H,22,24). The van der Waals surface area contributed by atoms with Crippen LogP contribution in [0.25, 0.3) is 9.88 Å². The Morgan fingerprint density at radius 1 is 1.19 bits per heavy atom. The van der Waals surface area contributed by atoms with Crippen molar-refractivity contribution in [2.45, 2.75) is 12.8 Å². The number of primary amides is 1. The second kappa shape index (κ2) is 8.88. The van der Waals surface area contributed by atoms with Crippen molar-refractivity contribution in [2.24, 2.45) is 11.7 Å². The van der Waals surface area contributed by atoms with Crippen LogP contribution in [0.1, 0.15) is 11.3 Å². The van der Waals surface area contributed by atoms with E-state index in [0.29, 0.717) is 12.1 Å². The van der Waals surface area contributed by atoms with E-state index in [9.17, 15) is 14.0 Å². The summed E-state index contributed by atoms with van der Waals surface area (Å²) in [6.07, 6.45) is 0.485. The number of rotatable bonds is 8. The number of halogens is 1. The predicted octanol–water partition coefficient (Wildman–Crippen LogP) is 3.01. The van der Waals surface area contributed by atoms with Gasteiger partial charge in [0.15, 0.2) is 0 Å². The molecule has 0 saturated heterocycles. The van der Waals surface area contributed by atoms with E-state index in [-0.39, 0.29) is 24.7 Å². The first-order valence-electron chi connectivity index (χ1n) is 8.30. The summed E-state index contributed by atoms with van der Waals surface area (Å²) in [7, 11) is 0. The molecule has 2 aromatic heterocycles. The SMILES string of the molecule is NC(=O)C(CNC(=O)Cc1csc(-c2cccs2)n1)Cc1ccc(F)cc1. The highest BCUT2D eigenvalue weighted by Crippen LogP contribution is 2.27. The van der Waals surface area contributed by atoms with Gasteiger partial charge in [-0.25, -0.2) is 9.37 Å². The van der Waals surface area contributed by atoms with Crippen molar-refractivity contribution < 1.29 is 14.0 Å². The van der Waals surface area contributed by atoms with Crippen LogP contribution in [0.3, 0.4) is 0 Å². The summed E-state index contributed by atoms with van der Waals surface area (Å²) in [6, 6.07) is 9.82. The zero-order valence-corrected chi connectivity index (χ0v) is 16.0. The van der Waals surface area contributed by atoms with Crippen LogP contribution in [0.2, 0.25) is 0 Å². The van der Waals surface area contributed by atoms with E-state index < -0.39 is 11.8 Å². The zero-order valence-electron chi connectivity index (χ0n) is 14.4. The van der Waals surface area contributed by atoms with Crippen LogP contribution in [0.4, 0.5) is 4.39 Å². The third kappa shape index (κ3) is 5.45. The molecule has 3 aromatic rings. The van der Waals surface area contributed by atoms with E-state index >= 15 is 0 Å². The van der Waals surface area contributed by atoms with E-state index in [0.717, 1.165) is 15.4 Å². The van der Waals surface area contributed by atoms with Gasteiger partial charge in [-0.05, 0) is 35.6 Å². The third-order valence-electron chi connectivity index (χ3n) is 3.97. The van der Waals surface area contributed by atoms with Crippen LogP contribution in [0, 0.1) is 11.7 Å². The van der Waals surface area contributed by atoms with Gasteiger partial charge in [-0.2, -0.15) is 0 Å². The van der Waals surface area contributed by atoms with Crippen molar-refractivity contribution in [3.8, 4) is 9.88 Å². The van der Waals surface area contributed by atoms with Crippen molar-refractivity contribution in [3.63, 3.8) is 0 Å². The molecule has 2 heterocycles. The quantitative estimate of drug-likeness (QED) is 0.606. The number of amides is 2. The summed E-state index contributed by atoms with van der Waals surface area (Å²) < 4.78 is 13.0. The Kier molecular flexibility index (Phi) is 6.31. The van der Waals surface area contributed by atoms with Crippen LogP contribution in [-0.2, 0) is 22.4 Å². The molecule has 0 aliphatic carbocycles. The lowest BCUT2D eigenvalue weighted by Gasteiger charge is -2.14. The molecule has 0 aliphatic heterocycles. The fourth-order valence-corrected chi connectivity index (χ4v) is 4.18. The van der Waals surface area contributed by atoms with Gasteiger partial charge in [0.25, 0.3) is 0 Å². The molecule has 0 saturated carbocycles. The number of thiophene rings is 1. The highest BCUT2D eigenvalue weighted by atomic mass is 32.1. The monoisotopic (exact) mass is 403 g/mol. The fourth-order valence-electron chi connectivity index (χ4n) is 2.54. The number of carbonyl (C=O) groups excluding carboxylic acids is 2. The first-order chi connectivity index (χ1) is 13.0. The third-order valence-corrected chi connectivity index (χ3v) is 5.90. The van der Waals surface area contributed by atoms with Gasteiger partial charge in [-0.15, -0.1) is 22.7 Å². The zero-order chi connectivity index (χ0) is 19.2. The first kappa shape index (κ1) is 19.2. The van der Waals surface area contributed by atoms with E-state index in [1.165, 1.54) is 23.5 Å². The molecule has 0 aliphatic rings. The highest BCUT2D eigenvalue weighted by molar-refractivity contribution is 7.20. The van der Waals surface area contributed by atoms with Gasteiger partial charge in [0.2, 0.25) is 11.8 Å². The Morgan fingerprint density at radius 3 is 2.63 bits per heavy atom. The van der Waals surface area contributed by atoms with Crippen LogP contribution in [0.15, 0.2) is 47.2 Å². The van der Waals surface area contributed by atoms with Gasteiger partial charge in [-0.1, -0.05) is 18.2 Å². The molecule has 1 unspecified atom stereocenters. The molecule has 0 bridgehead atoms. The second-order valence-electron chi connectivity index (χ2n) is 6.03. The van der Waals surface area contributed by atoms with Crippen molar-refractivity contribution >= 4 is 34.5 Å². The molecular formula is C19H18FN3O2S2. The summed E-state index contributed by atoms with van der Waals surface area (Å²) in [4.78, 5) is 29.4. The molecule has 0 radical (unpaired) electrons. The van der Waals surface area contributed by atoms with Gasteiger partial charge in [0.05, 0.1) is 22.9 Å². The largest absolute Gasteiger partial charge is 0.369 e. The topological polar surface area (TPSA) is 85.1 Å². The second-order valence-corrected chi connectivity index (χ2v) is 7.84. The molecule has 1 aromatic carbocycles. The lowest BCUT2D eigenvalue weighted by molar-refractivity contribution is -0.123. The normalized spacial score (nSPS) is 11.9. The van der Waals surface area contributed by atoms with E-state index in [2.05, 4.69) is 10.3 Å². The molecule has 0 fully saturated rings. The maximum Gasteiger partial charge on any atom is 0.226 e. The molecule has 140 valence electrons. The number of nitrogens with one attached hydrogen (secondary N) is 1. The maximum atomic E-state index is 13.0. The summed E-state index contributed by atoms with van der Waals surface area (Å²) in [5, 5.41) is 7.47. The number of thiazole rings is 1. The fraction of sp³-hybridized carbons (Fsp3) is 0.211. The lowest BCUT2D eigenvalue weighted by atomic mass is 9.98. The van der Waals surface area contributed by atoms with E-state index in [1.54, 1.807) is 23.5 Å². The van der Waals surface area contributed by atoms with Crippen molar-refractivity contribution in [3.05, 3.63) is 64.2 Å². The van der Waals surface area contributed by atoms with Crippen LogP contribution in [0.5, 0.6) is 0 Å². The number of nitrogens with zero attached hydrogens (tertiary/aromatic N) is 1. The van der Waals surface area contributed by atoms with Gasteiger partial charge in [0.1, 0.15) is 10.8 Å². The average Bonchev–Trinajstić information content (AvgIpc) is 3.31. The number of benzene rings is 1. The summed E-state index contributed by atoms with van der Waals surface area (Å²) in [6.45, 7) is 0.132. The number of nitrogens with two attached hydrogens (primary N) is 1. The van der Waals surface area contributed by atoms with Gasteiger partial charge in [0, 0.05) is 11.9 Å². The molecule has 3 N–H and O–H groups in total. The van der Waals surface area contributed by atoms with Gasteiger partial charge in [-0.3, -0.25) is 9.59 Å². The van der Waals surface area contributed by atoms with Crippen LogP contribution < -0.4 is 11.1 Å². The Balaban J connectivity index is 1.53. The highest BCUT2D eigenvalue weighted by Gasteiger charge is 2.18. The molecule has 5 nitrogen and oxygen atoms in total. The summed E-state index contributed by atoms with van der Waals surface area (Å²) in [5.74, 6) is -1.62. The minimum absolute atomic E-state index is 0.132. The molecule has 0 spiro atoms. The van der Waals surface area contributed by atoms with Crippen molar-refractivity contribution in [1.29, 1.82) is 0 Å². The van der Waals surface area contributed by atoms with Crippen molar-refractivity contribution in [1.82, 2.24) is 10.3 Å². The molecule has 2 amide bonds. The van der Waals surface area contributed by atoms with E-state index in [1.807, 2.05) is 22.9 Å². The minimum Gasteiger partial charge on any atom is -0.369 e. The molecular weight excluding hydrogens is 385 g/mol. The van der Waals surface area contributed by atoms with Crippen molar-refractivity contribution in [2.75, 3.05) is 6.54 Å². The number of aromatic nitrogens is 1. The molecule has 3 rings (SSSR count). The predicted molar refractivity (Wildman–Crippen MR) is 105 cm³/mol. The minimum atomic E-state index is -0.559. The maximum absolute atomic E-state index is 13.0. The van der Waals surface area contributed by atoms with Crippen LogP contribution in [-0.4, -0.2) is 23.3 Å². The Bertz CT molecular complexity index is 907. The summed E-state index contributed by atoms with van der Waals surface area (Å²) in [5.41, 5.74) is 6.91. The molecule has 1 atom stereocenters. The van der Waals surface area contributed by atoms with E-state index in [4.69, 9.17) is 5.73 Å². The first-order valence-corrected chi connectivity index (χ1v) is 10.1. The molecule has 8 heteroatoms. The number of hydrogen-bond donors (Lipinski definition) is 2. The number of carbonyl (C=O) groups is 2. The Hall–Kier alpha value is -2.58. The smallest absolute Gasteiger partial charge is 0.226 e. The van der Waals surface area contributed by atoms with Gasteiger partial charge < -0.3 is 11.1 Å². The average molecular weight is 404 g/mol.